The fourth-order valence-corrected chi connectivity index (χ4v) is 13.4. The number of aliphatic hydroxyl groups excluding tert-OH is 2. The number of nitrogens with two attached hydrogens (primary N) is 1. The summed E-state index contributed by atoms with van der Waals surface area (Å²) in [5.41, 5.74) is 7.96. The lowest BCUT2D eigenvalue weighted by Crippen LogP contribution is -2.62. The van der Waals surface area contributed by atoms with Crippen molar-refractivity contribution in [2.24, 2.45) is 5.73 Å². The quantitative estimate of drug-likeness (QED) is 0.0215. The third kappa shape index (κ3) is 26.6. The monoisotopic (exact) mass is 1430 g/mol. The molecule has 0 aliphatic carbocycles. The number of fused-ring (bicyclic) bond motifs is 1. The van der Waals surface area contributed by atoms with Crippen LogP contribution in [0.3, 0.4) is 0 Å². The maximum atomic E-state index is 15.3. The third-order valence-electron chi connectivity index (χ3n) is 16.6. The zero-order valence-electron chi connectivity index (χ0n) is 55.4. The molecule has 0 bridgehead atoms. The van der Waals surface area contributed by atoms with Gasteiger partial charge in [0.15, 0.2) is 6.04 Å². The number of hydrogen-bond acceptors (Lipinski definition) is 22. The van der Waals surface area contributed by atoms with Gasteiger partial charge >= 0.3 is 23.9 Å². The minimum Gasteiger partial charge on any atom is -0.508 e. The van der Waals surface area contributed by atoms with Gasteiger partial charge in [-0.15, -0.1) is 0 Å². The van der Waals surface area contributed by atoms with E-state index in [9.17, 15) is 78.9 Å². The highest BCUT2D eigenvalue weighted by molar-refractivity contribution is 8.76. The SMILES string of the molecule is C[C@@H](O)C(NC(=O)[C@@H]1CSSC[C@H](NC(=O)[C@@H](Cc2ccccc2)NC(=O)CN2CCN(CC(=O)O)CCN(CC(=O)O)CCN(CC(=O)O)CC2)C(=O)N[C@@H](Cc2ccc(O)cc2)C(=O)N[C@H](Cc2c[nH]c3ccccc23)C(=O)N[C@@H](CCCCN)C(=O)NC([C@@H](C)O)C(=O)N1)C(=O)O. The Balaban J connectivity index is 1.41. The van der Waals surface area contributed by atoms with E-state index in [0.29, 0.717) is 34.0 Å². The number of unbranched alkanes of at least 4 members (excludes halogenated alkanes) is 1. The molecule has 2 fully saturated rings. The van der Waals surface area contributed by atoms with Crippen molar-refractivity contribution in [2.75, 3.05) is 96.6 Å². The minimum absolute atomic E-state index is 0.0426. The van der Waals surface area contributed by atoms with Crippen molar-refractivity contribution in [3.8, 4) is 5.75 Å². The molecule has 3 heterocycles. The molecule has 2 aliphatic rings. The van der Waals surface area contributed by atoms with Crippen molar-refractivity contribution in [3.05, 3.63) is 102 Å². The number of carboxylic acid groups (broad SMARTS) is 4. The Morgan fingerprint density at radius 1 is 0.580 bits per heavy atom. The fraction of sp³-hybridized carbons (Fsp3) is 0.508. The van der Waals surface area contributed by atoms with E-state index in [4.69, 9.17) is 5.73 Å². The average Bonchev–Trinajstić information content (AvgIpc) is 1.59. The Morgan fingerprint density at radius 3 is 1.65 bits per heavy atom. The molecular formula is C65H90N14O19S2. The number of aromatic amines is 1. The molecule has 2 unspecified atom stereocenters. The van der Waals surface area contributed by atoms with Crippen LogP contribution in [0.15, 0.2) is 85.1 Å². The van der Waals surface area contributed by atoms with Crippen LogP contribution in [0, 0.1) is 0 Å². The molecular weight excluding hydrogens is 1340 g/mol. The fourth-order valence-electron chi connectivity index (χ4n) is 11.1. The van der Waals surface area contributed by atoms with Crippen molar-refractivity contribution >= 4 is 104 Å². The highest BCUT2D eigenvalue weighted by Crippen LogP contribution is 2.25. The molecule has 10 atom stereocenters. The van der Waals surface area contributed by atoms with E-state index < -0.39 is 163 Å². The van der Waals surface area contributed by atoms with Crippen molar-refractivity contribution in [1.82, 2.24) is 67.1 Å². The van der Waals surface area contributed by atoms with E-state index in [1.165, 1.54) is 24.3 Å². The lowest BCUT2D eigenvalue weighted by atomic mass is 10.0. The Labute approximate surface area is 584 Å². The zero-order valence-corrected chi connectivity index (χ0v) is 57.1. The molecule has 100 heavy (non-hydrogen) atoms. The van der Waals surface area contributed by atoms with Crippen LogP contribution in [-0.4, -0.2) is 289 Å². The van der Waals surface area contributed by atoms with Crippen molar-refractivity contribution in [3.63, 3.8) is 0 Å². The summed E-state index contributed by atoms with van der Waals surface area (Å²) >= 11 is 0. The van der Waals surface area contributed by atoms with Crippen LogP contribution in [-0.2, 0) is 76.8 Å². The summed E-state index contributed by atoms with van der Waals surface area (Å²) in [7, 11) is 1.66. The zero-order chi connectivity index (χ0) is 73.0. The Kier molecular flexibility index (Phi) is 32.3. The average molecular weight is 1440 g/mol. The molecule has 33 nitrogen and oxygen atoms in total. The first-order chi connectivity index (χ1) is 47.7. The number of rotatable bonds is 26. The van der Waals surface area contributed by atoms with Crippen LogP contribution in [0.5, 0.6) is 5.75 Å². The largest absolute Gasteiger partial charge is 0.508 e. The number of hydrogen-bond donors (Lipinski definition) is 17. The number of aromatic hydroxyl groups is 1. The highest BCUT2D eigenvalue weighted by atomic mass is 33.1. The first-order valence-electron chi connectivity index (χ1n) is 32.5. The Bertz CT molecular complexity index is 3410. The molecule has 6 rings (SSSR count). The van der Waals surface area contributed by atoms with E-state index in [2.05, 4.69) is 47.5 Å². The standard InChI is InChI=1S/C65H90N14O19S2/c1-38(80)56-64(96)73-51(63(95)75-57(39(2)81)65(97)98)37-100-99-36-50(72-59(91)47(28-40-10-4-3-5-11-40)68-52(83)32-76-20-22-77(33-53(84)85)24-26-79(35-55(88)89)27-25-78(23-21-76)34-54(86)87)62(94)70-48(29-41-15-17-43(82)18-16-41)60(92)71-49(30-42-31-67-45-13-7-6-12-44(42)45)61(93)69-46(58(90)74-56)14-8-9-19-66/h3-7,10-13,15-18,31,38-39,46-51,56-57,67,80-82H,8-9,14,19-30,32-37,66H2,1-2H3,(H,68,83)(H,69,93)(H,70,94)(H,71,92)(H,72,91)(H,73,96)(H,74,90)(H,75,95)(H,84,85)(H,86,87)(H,88,89)(H,97,98)/t38-,39-,46+,47-,48+,49-,50+,51+,56?,57?/m1/s1. The van der Waals surface area contributed by atoms with Crippen LogP contribution < -0.4 is 48.3 Å². The number of carboxylic acids is 4. The van der Waals surface area contributed by atoms with Gasteiger partial charge in [0.1, 0.15) is 48.0 Å². The summed E-state index contributed by atoms with van der Waals surface area (Å²) in [6.45, 7) is 1.38. The molecule has 1 aromatic heterocycles. The first-order valence-corrected chi connectivity index (χ1v) is 35.0. The van der Waals surface area contributed by atoms with Crippen LogP contribution >= 0.6 is 21.6 Å². The molecule has 3 aromatic carbocycles. The van der Waals surface area contributed by atoms with E-state index in [0.717, 1.165) is 35.4 Å². The van der Waals surface area contributed by atoms with Crippen LogP contribution in [0.1, 0.15) is 49.8 Å². The molecule has 4 aromatic rings. The van der Waals surface area contributed by atoms with Crippen LogP contribution in [0.4, 0.5) is 0 Å². The lowest BCUT2D eigenvalue weighted by Gasteiger charge is -2.33. The second kappa shape index (κ2) is 40.3. The number of aliphatic hydroxyl groups is 2. The molecule has 2 saturated heterocycles. The number of phenolic OH excluding ortho intramolecular Hbond substituents is 1. The Morgan fingerprint density at radius 2 is 1.10 bits per heavy atom. The van der Waals surface area contributed by atoms with Crippen molar-refractivity contribution in [2.45, 2.75) is 113 Å². The molecule has 35 heteroatoms. The maximum absolute atomic E-state index is 15.3. The normalized spacial score (nSPS) is 21.9. The van der Waals surface area contributed by atoms with Gasteiger partial charge in [0.25, 0.3) is 0 Å². The van der Waals surface area contributed by atoms with Gasteiger partial charge in [-0.2, -0.15) is 0 Å². The van der Waals surface area contributed by atoms with E-state index in [-0.39, 0.29) is 103 Å². The first kappa shape index (κ1) is 80.0. The molecule has 0 radical (unpaired) electrons. The summed E-state index contributed by atoms with van der Waals surface area (Å²) in [6, 6.07) is 7.92. The second-order valence-corrected chi connectivity index (χ2v) is 27.0. The predicted molar refractivity (Wildman–Crippen MR) is 367 cm³/mol. The number of nitrogens with one attached hydrogen (secondary N) is 9. The van der Waals surface area contributed by atoms with Gasteiger partial charge in [-0.3, -0.25) is 72.3 Å². The van der Waals surface area contributed by atoms with Gasteiger partial charge in [-0.05, 0) is 74.5 Å². The topological polar surface area (TPSA) is 497 Å². The van der Waals surface area contributed by atoms with Gasteiger partial charge < -0.3 is 89.0 Å². The van der Waals surface area contributed by atoms with E-state index in [1.54, 1.807) is 80.4 Å². The molecule has 18 N–H and O–H groups in total. The number of phenols is 1. The maximum Gasteiger partial charge on any atom is 0.328 e. The summed E-state index contributed by atoms with van der Waals surface area (Å²) in [4.78, 5) is 176. The van der Waals surface area contributed by atoms with Gasteiger partial charge in [0, 0.05) is 100 Å². The number of amides is 8. The number of nitrogens with zero attached hydrogens (tertiary/aromatic N) is 4. The van der Waals surface area contributed by atoms with Gasteiger partial charge in [-0.25, -0.2) is 4.79 Å². The Hall–Kier alpha value is -8.94. The second-order valence-electron chi connectivity index (χ2n) is 24.5. The molecule has 0 spiro atoms. The summed E-state index contributed by atoms with van der Waals surface area (Å²) in [6.07, 6.45) is -1.92. The number of aliphatic carboxylic acids is 4. The van der Waals surface area contributed by atoms with Crippen molar-refractivity contribution < 1.29 is 93.3 Å². The van der Waals surface area contributed by atoms with E-state index in [1.807, 2.05) is 0 Å². The molecule has 8 amide bonds. The number of carbonyl (C=O) groups is 12. The van der Waals surface area contributed by atoms with E-state index >= 15 is 14.4 Å². The van der Waals surface area contributed by atoms with Gasteiger partial charge in [0.05, 0.1) is 38.4 Å². The predicted octanol–water partition coefficient (Wildman–Crippen LogP) is -3.37. The summed E-state index contributed by atoms with van der Waals surface area (Å²) in [5, 5.41) is 92.4. The third-order valence-corrected chi connectivity index (χ3v) is 19.0. The number of carbonyl (C=O) groups excluding carboxylic acids is 8. The number of aromatic nitrogens is 1. The molecule has 0 saturated carbocycles. The lowest BCUT2D eigenvalue weighted by molar-refractivity contribution is -0.145. The van der Waals surface area contributed by atoms with Crippen LogP contribution in [0.25, 0.3) is 10.9 Å². The minimum atomic E-state index is -1.91. The van der Waals surface area contributed by atoms with Crippen molar-refractivity contribution in [1.29, 1.82) is 0 Å². The number of benzene rings is 3. The van der Waals surface area contributed by atoms with Gasteiger partial charge in [0.2, 0.25) is 47.3 Å². The van der Waals surface area contributed by atoms with Gasteiger partial charge in [-0.1, -0.05) is 82.3 Å². The van der Waals surface area contributed by atoms with Crippen LogP contribution in [0.2, 0.25) is 0 Å². The number of para-hydroxylation sites is 1. The smallest absolute Gasteiger partial charge is 0.328 e. The molecule has 546 valence electrons. The summed E-state index contributed by atoms with van der Waals surface area (Å²) < 4.78 is 0. The highest BCUT2D eigenvalue weighted by Gasteiger charge is 2.38. The number of H-pyrrole nitrogens is 1. The summed E-state index contributed by atoms with van der Waals surface area (Å²) in [5.74, 6) is -14.0. The molecule has 2 aliphatic heterocycles.